The van der Waals surface area contributed by atoms with Gasteiger partial charge in [-0.15, -0.1) is 5.10 Å². The first-order valence-electron chi connectivity index (χ1n) is 7.90. The highest BCUT2D eigenvalue weighted by atomic mass is 15.4. The van der Waals surface area contributed by atoms with Crippen molar-refractivity contribution in [3.63, 3.8) is 0 Å². The van der Waals surface area contributed by atoms with Gasteiger partial charge in [-0.05, 0) is 24.0 Å². The number of benzene rings is 2. The Morgan fingerprint density at radius 3 is 2.14 bits per heavy atom. The first kappa shape index (κ1) is 13.3. The van der Waals surface area contributed by atoms with Gasteiger partial charge >= 0.3 is 0 Å². The molecule has 22 heavy (non-hydrogen) atoms. The van der Waals surface area contributed by atoms with Crippen molar-refractivity contribution in [3.05, 3.63) is 83.2 Å². The Hall–Kier alpha value is -2.42. The van der Waals surface area contributed by atoms with Gasteiger partial charge in [0, 0.05) is 12.3 Å². The second-order valence-corrected chi connectivity index (χ2v) is 6.00. The minimum Gasteiger partial charge on any atom is -0.244 e. The first-order valence-corrected chi connectivity index (χ1v) is 7.90. The van der Waals surface area contributed by atoms with E-state index in [4.69, 9.17) is 0 Å². The summed E-state index contributed by atoms with van der Waals surface area (Å²) in [6.07, 6.45) is 3.42. The van der Waals surface area contributed by atoms with Crippen LogP contribution < -0.4 is 0 Å². The predicted octanol–water partition coefficient (Wildman–Crippen LogP) is 3.79. The van der Waals surface area contributed by atoms with Crippen molar-refractivity contribution in [1.29, 1.82) is 0 Å². The van der Waals surface area contributed by atoms with Gasteiger partial charge in [0.1, 0.15) is 0 Å². The van der Waals surface area contributed by atoms with Crippen LogP contribution in [-0.4, -0.2) is 15.0 Å². The van der Waals surface area contributed by atoms with E-state index >= 15 is 0 Å². The van der Waals surface area contributed by atoms with E-state index in [-0.39, 0.29) is 0 Å². The fourth-order valence-corrected chi connectivity index (χ4v) is 2.87. The summed E-state index contributed by atoms with van der Waals surface area (Å²) in [5.74, 6) is 0.628. The molecule has 110 valence electrons. The lowest BCUT2D eigenvalue weighted by Crippen LogP contribution is -2.08. The van der Waals surface area contributed by atoms with Gasteiger partial charge in [0.15, 0.2) is 0 Å². The summed E-state index contributed by atoms with van der Waals surface area (Å²) >= 11 is 0. The van der Waals surface area contributed by atoms with Gasteiger partial charge in [0.25, 0.3) is 0 Å². The highest BCUT2D eigenvalue weighted by Gasteiger charge is 2.30. The molecule has 0 amide bonds. The second-order valence-electron chi connectivity index (χ2n) is 6.00. The zero-order chi connectivity index (χ0) is 14.8. The van der Waals surface area contributed by atoms with Crippen LogP contribution in [0.5, 0.6) is 0 Å². The summed E-state index contributed by atoms with van der Waals surface area (Å²) in [7, 11) is 0. The van der Waals surface area contributed by atoms with Gasteiger partial charge in [-0.25, -0.2) is 4.68 Å². The van der Waals surface area contributed by atoms with Gasteiger partial charge in [0.2, 0.25) is 0 Å². The molecule has 0 spiro atoms. The largest absolute Gasteiger partial charge is 0.244 e. The molecule has 1 aliphatic rings. The minimum absolute atomic E-state index is 0.628. The maximum atomic E-state index is 4.48. The van der Waals surface area contributed by atoms with Crippen molar-refractivity contribution in [1.82, 2.24) is 15.0 Å². The molecular formula is C19H19N3. The van der Waals surface area contributed by atoms with Crippen LogP contribution in [-0.2, 0) is 13.0 Å². The molecule has 1 heterocycles. The first-order chi connectivity index (χ1) is 10.9. The molecule has 1 aromatic heterocycles. The van der Waals surface area contributed by atoms with E-state index in [9.17, 15) is 0 Å². The zero-order valence-electron chi connectivity index (χ0n) is 12.5. The van der Waals surface area contributed by atoms with Crippen molar-refractivity contribution < 1.29 is 0 Å². The molecule has 1 fully saturated rings. The van der Waals surface area contributed by atoms with Gasteiger partial charge in [-0.1, -0.05) is 65.9 Å². The summed E-state index contributed by atoms with van der Waals surface area (Å²) < 4.78 is 2.08. The summed E-state index contributed by atoms with van der Waals surface area (Å²) in [4.78, 5) is 0. The molecule has 4 rings (SSSR count). The summed E-state index contributed by atoms with van der Waals surface area (Å²) in [6.45, 7) is 0.794. The molecule has 0 N–H and O–H groups in total. The average Bonchev–Trinajstić information content (AvgIpc) is 3.34. The Balaban J connectivity index is 1.66. The molecule has 3 nitrogen and oxygen atoms in total. The van der Waals surface area contributed by atoms with Gasteiger partial charge in [0.05, 0.1) is 17.9 Å². The molecule has 1 aliphatic carbocycles. The molecule has 3 aromatic rings. The maximum absolute atomic E-state index is 4.48. The van der Waals surface area contributed by atoms with Crippen molar-refractivity contribution in [3.8, 4) is 0 Å². The second kappa shape index (κ2) is 5.76. The molecule has 0 radical (unpaired) electrons. The van der Waals surface area contributed by atoms with Crippen LogP contribution in [0.4, 0.5) is 0 Å². The van der Waals surface area contributed by atoms with Crippen LogP contribution in [0.3, 0.4) is 0 Å². The van der Waals surface area contributed by atoms with Crippen LogP contribution in [0.15, 0.2) is 60.7 Å². The van der Waals surface area contributed by atoms with Crippen LogP contribution in [0, 0.1) is 0 Å². The minimum atomic E-state index is 0.628. The highest BCUT2D eigenvalue weighted by Crippen LogP contribution is 2.40. The highest BCUT2D eigenvalue weighted by molar-refractivity contribution is 5.28. The van der Waals surface area contributed by atoms with Gasteiger partial charge < -0.3 is 0 Å². The van der Waals surface area contributed by atoms with Crippen LogP contribution in [0.25, 0.3) is 0 Å². The van der Waals surface area contributed by atoms with Crippen molar-refractivity contribution in [2.75, 3.05) is 0 Å². The van der Waals surface area contributed by atoms with E-state index in [1.165, 1.54) is 35.4 Å². The number of hydrogen-bond donors (Lipinski definition) is 0. The summed E-state index contributed by atoms with van der Waals surface area (Å²) in [5.41, 5.74) is 5.07. The molecule has 1 saturated carbocycles. The third kappa shape index (κ3) is 2.80. The maximum Gasteiger partial charge on any atom is 0.0893 e. The number of hydrogen-bond acceptors (Lipinski definition) is 2. The average molecular weight is 289 g/mol. The third-order valence-electron chi connectivity index (χ3n) is 4.22. The molecule has 0 aliphatic heterocycles. The van der Waals surface area contributed by atoms with E-state index in [1.54, 1.807) is 0 Å². The topological polar surface area (TPSA) is 30.7 Å². The smallest absolute Gasteiger partial charge is 0.0893 e. The Bertz CT molecular complexity index is 743. The van der Waals surface area contributed by atoms with E-state index in [0.717, 1.165) is 13.0 Å². The van der Waals surface area contributed by atoms with Crippen molar-refractivity contribution >= 4 is 0 Å². The lowest BCUT2D eigenvalue weighted by Gasteiger charge is -2.08. The van der Waals surface area contributed by atoms with E-state index in [1.807, 2.05) is 6.07 Å². The lowest BCUT2D eigenvalue weighted by molar-refractivity contribution is 0.625. The Labute approximate surface area is 130 Å². The number of nitrogens with zero attached hydrogens (tertiary/aromatic N) is 3. The molecule has 0 bridgehead atoms. The molecule has 0 saturated heterocycles. The Morgan fingerprint density at radius 2 is 1.50 bits per heavy atom. The SMILES string of the molecule is c1ccc(Cc2c(C3CC3)nnn2Cc2ccccc2)cc1. The summed E-state index contributed by atoms with van der Waals surface area (Å²) in [5, 5.41) is 8.92. The van der Waals surface area contributed by atoms with E-state index in [0.29, 0.717) is 5.92 Å². The van der Waals surface area contributed by atoms with Gasteiger partial charge in [-0.2, -0.15) is 0 Å². The molecule has 2 aromatic carbocycles. The molecule has 0 unspecified atom stereocenters. The van der Waals surface area contributed by atoms with Crippen molar-refractivity contribution in [2.45, 2.75) is 31.7 Å². The Morgan fingerprint density at radius 1 is 0.864 bits per heavy atom. The fraction of sp³-hybridized carbons (Fsp3) is 0.263. The monoisotopic (exact) mass is 289 g/mol. The van der Waals surface area contributed by atoms with Gasteiger partial charge in [-0.3, -0.25) is 0 Å². The zero-order valence-corrected chi connectivity index (χ0v) is 12.5. The number of rotatable bonds is 5. The van der Waals surface area contributed by atoms with E-state index < -0.39 is 0 Å². The van der Waals surface area contributed by atoms with Crippen molar-refractivity contribution in [2.24, 2.45) is 0 Å². The van der Waals surface area contributed by atoms with Crippen LogP contribution in [0.2, 0.25) is 0 Å². The van der Waals surface area contributed by atoms with Crippen LogP contribution >= 0.6 is 0 Å². The fourth-order valence-electron chi connectivity index (χ4n) is 2.87. The van der Waals surface area contributed by atoms with Crippen LogP contribution in [0.1, 0.15) is 41.3 Å². The molecule has 3 heteroatoms. The predicted molar refractivity (Wildman–Crippen MR) is 86.8 cm³/mol. The lowest BCUT2D eigenvalue weighted by atomic mass is 10.1. The normalized spacial score (nSPS) is 14.2. The third-order valence-corrected chi connectivity index (χ3v) is 4.22. The Kier molecular flexibility index (Phi) is 3.47. The molecular weight excluding hydrogens is 270 g/mol. The standard InChI is InChI=1S/C19H19N3/c1-3-7-15(8-4-1)13-18-19(17-11-12-17)20-21-22(18)14-16-9-5-2-6-10-16/h1-10,17H,11-14H2. The van der Waals surface area contributed by atoms with E-state index in [2.05, 4.69) is 69.6 Å². The number of aromatic nitrogens is 3. The summed E-state index contributed by atoms with van der Waals surface area (Å²) in [6, 6.07) is 21.1. The quantitative estimate of drug-likeness (QED) is 0.715. The molecule has 0 atom stereocenters.